The van der Waals surface area contributed by atoms with Crippen molar-refractivity contribution < 1.29 is 37.4 Å². The van der Waals surface area contributed by atoms with Gasteiger partial charge in [0.1, 0.15) is 48.3 Å². The molecule has 0 spiro atoms. The molecule has 8 aliphatic carbocycles. The number of fused-ring (bicyclic) bond motifs is 4. The van der Waals surface area contributed by atoms with E-state index in [2.05, 4.69) is 81.3 Å². The van der Waals surface area contributed by atoms with Crippen molar-refractivity contribution in [2.24, 2.45) is 35.5 Å². The lowest BCUT2D eigenvalue weighted by molar-refractivity contribution is -0.139. The van der Waals surface area contributed by atoms with Gasteiger partial charge in [-0.05, 0) is 192 Å². The molecule has 0 unspecified atom stereocenters. The summed E-state index contributed by atoms with van der Waals surface area (Å²) >= 11 is 0. The fourth-order valence-corrected chi connectivity index (χ4v) is 14.8. The van der Waals surface area contributed by atoms with Crippen molar-refractivity contribution in [1.82, 2.24) is 40.4 Å². The van der Waals surface area contributed by atoms with Crippen LogP contribution < -0.4 is 10.6 Å². The molecule has 16 heteroatoms. The molecule has 2 saturated carbocycles. The number of hydrogen-bond acceptors (Lipinski definition) is 8. The van der Waals surface area contributed by atoms with E-state index in [1.54, 1.807) is 0 Å². The highest BCUT2D eigenvalue weighted by molar-refractivity contribution is 5.89. The van der Waals surface area contributed by atoms with Crippen LogP contribution in [-0.4, -0.2) is 102 Å². The molecule has 0 radical (unpaired) electrons. The number of carbonyl (C=O) groups excluding carboxylic acids is 4. The van der Waals surface area contributed by atoms with E-state index >= 15 is 0 Å². The maximum Gasteiger partial charge on any atom is 0.408 e. The highest BCUT2D eigenvalue weighted by Crippen LogP contribution is 2.49. The monoisotopic (exact) mass is 1120 g/mol. The Balaban J connectivity index is 0.823. The maximum absolute atomic E-state index is 14.8. The zero-order valence-electron chi connectivity index (χ0n) is 49.4. The minimum Gasteiger partial charge on any atom is -0.441 e. The third-order valence-electron chi connectivity index (χ3n) is 19.2. The van der Waals surface area contributed by atoms with Gasteiger partial charge in [-0.2, -0.15) is 0 Å². The number of carbonyl (C=O) groups is 4. The Morgan fingerprint density at radius 3 is 1.72 bits per heavy atom. The van der Waals surface area contributed by atoms with E-state index in [-0.39, 0.29) is 47.8 Å². The van der Waals surface area contributed by atoms with Crippen molar-refractivity contribution in [3.63, 3.8) is 0 Å². The maximum atomic E-state index is 14.8. The number of alkyl carbamates (subject to hydrolysis) is 2. The first kappa shape index (κ1) is 57.5. The summed E-state index contributed by atoms with van der Waals surface area (Å²) < 4.78 is 38.1. The summed E-state index contributed by atoms with van der Waals surface area (Å²) in [7, 11) is 0. The van der Waals surface area contributed by atoms with Crippen LogP contribution in [0.3, 0.4) is 0 Å². The molecule has 10 atom stereocenters. The number of aromatic nitrogens is 4. The highest BCUT2D eigenvalue weighted by Gasteiger charge is 2.50. The molecule has 4 bridgehead atoms. The molecule has 4 heterocycles. The molecule has 4 N–H and O–H groups in total. The van der Waals surface area contributed by atoms with Crippen LogP contribution in [0.2, 0.25) is 0 Å². The molecular weight excluding hydrogens is 1040 g/mol. The number of benzene rings is 2. The predicted molar refractivity (Wildman–Crippen MR) is 315 cm³/mol. The molecule has 82 heavy (non-hydrogen) atoms. The molecule has 4 aromatic rings. The van der Waals surface area contributed by atoms with Gasteiger partial charge in [0.2, 0.25) is 11.8 Å². The van der Waals surface area contributed by atoms with Crippen LogP contribution in [0.5, 0.6) is 0 Å². The molecule has 4 fully saturated rings. The molecule has 10 aliphatic rings. The highest BCUT2D eigenvalue weighted by atomic mass is 19.1. The molecule has 2 aromatic heterocycles. The standard InChI is InChI=1S/C66H86F2N8O6/c1-37(2)57(73-63(79)81-65(5,6)35-67)61(77)75-53-15-11-9-13-45(53)33-55(75)59-69-49-27-25-43(31-51(49)71-59)47-29-39-17-21-41(47)23-19-40-18-22-42(24-20-39)48(30-40)44-26-28-50-52(32-44)72-60(70-50)56-34-46-14-10-12-16-54(46)76(56)62(78)58(38(3)4)74-64(80)82-66(7,8)36-68/h17-18,21,25-28,30-32,37-39,42,45-46,53-58H,9-16,19-20,22-24,29,33-36H2,1-8H3,(H,69,71)(H,70,72)(H,73,79)(H,74,80)/t39-,42+,45-,46-,53-,54-,55-,56-,57-,58-/m0/s1. The van der Waals surface area contributed by atoms with E-state index in [4.69, 9.17) is 19.4 Å². The predicted octanol–water partition coefficient (Wildman–Crippen LogP) is 14.0. The number of rotatable bonds is 14. The Bertz CT molecular complexity index is 3200. The minimum atomic E-state index is -1.30. The average Bonchev–Trinajstić information content (AvgIpc) is 4.46. The van der Waals surface area contributed by atoms with Crippen molar-refractivity contribution in [1.29, 1.82) is 0 Å². The van der Waals surface area contributed by atoms with Crippen molar-refractivity contribution in [2.75, 3.05) is 13.3 Å². The van der Waals surface area contributed by atoms with Crippen molar-refractivity contribution >= 4 is 57.2 Å². The number of H-pyrrole nitrogens is 2. The topological polar surface area (TPSA) is 175 Å². The van der Waals surface area contributed by atoms with Gasteiger partial charge in [0.25, 0.3) is 0 Å². The normalized spacial score (nSPS) is 26.5. The van der Waals surface area contributed by atoms with Crippen LogP contribution in [0, 0.1) is 35.5 Å². The molecular formula is C66H86F2N8O6. The van der Waals surface area contributed by atoms with Gasteiger partial charge in [-0.3, -0.25) is 9.59 Å². The molecule has 14 rings (SSSR count). The molecule has 2 aromatic carbocycles. The summed E-state index contributed by atoms with van der Waals surface area (Å²) in [6.45, 7) is 12.1. The largest absolute Gasteiger partial charge is 0.441 e. The van der Waals surface area contributed by atoms with E-state index < -0.39 is 48.8 Å². The fourth-order valence-electron chi connectivity index (χ4n) is 14.8. The fraction of sp³-hybridized carbons (Fsp3) is 0.606. The van der Waals surface area contributed by atoms with Crippen molar-refractivity contribution in [2.45, 2.75) is 206 Å². The number of imidazole rings is 2. The smallest absolute Gasteiger partial charge is 0.408 e. The molecule has 2 saturated heterocycles. The lowest BCUT2D eigenvalue weighted by atomic mass is 9.75. The van der Waals surface area contributed by atoms with E-state index in [1.807, 2.05) is 37.5 Å². The number of hydrogen-bond donors (Lipinski definition) is 4. The van der Waals surface area contributed by atoms with Crippen molar-refractivity contribution in [3.05, 3.63) is 94.6 Å². The van der Waals surface area contributed by atoms with Gasteiger partial charge in [0.15, 0.2) is 0 Å². The Kier molecular flexibility index (Phi) is 16.4. The van der Waals surface area contributed by atoms with Gasteiger partial charge < -0.3 is 39.9 Å². The molecule has 440 valence electrons. The number of halogens is 2. The summed E-state index contributed by atoms with van der Waals surface area (Å²) in [5, 5.41) is 5.64. The number of nitrogens with zero attached hydrogens (tertiary/aromatic N) is 4. The van der Waals surface area contributed by atoms with Gasteiger partial charge in [-0.15, -0.1) is 0 Å². The number of amides is 4. The Labute approximate surface area is 482 Å². The second-order valence-electron chi connectivity index (χ2n) is 26.9. The lowest BCUT2D eigenvalue weighted by Gasteiger charge is -2.37. The third kappa shape index (κ3) is 11.8. The van der Waals surface area contributed by atoms with Crippen LogP contribution in [-0.2, 0) is 19.1 Å². The zero-order chi connectivity index (χ0) is 57.8. The van der Waals surface area contributed by atoms with E-state index in [9.17, 15) is 28.0 Å². The summed E-state index contributed by atoms with van der Waals surface area (Å²) in [5.74, 6) is 2.18. The van der Waals surface area contributed by atoms with E-state index in [1.165, 1.54) is 61.1 Å². The first-order valence-electron chi connectivity index (χ1n) is 30.8. The second-order valence-corrected chi connectivity index (χ2v) is 26.9. The van der Waals surface area contributed by atoms with Gasteiger partial charge in [-0.25, -0.2) is 28.3 Å². The number of nitrogens with one attached hydrogen (secondary N) is 4. The van der Waals surface area contributed by atoms with Gasteiger partial charge in [-0.1, -0.05) is 95.4 Å². The molecule has 14 nitrogen and oxygen atoms in total. The Morgan fingerprint density at radius 2 is 1.20 bits per heavy atom. The SMILES string of the molecule is CC(C)[C@H](NC(=O)OC(C)(C)CF)C(=O)N1[C@H](c2nc3ccc(C4=CC5=CC[C@@H]4CC[C@@H]4C=CC(=C(c6ccc7nc([C@@H]8C[C@@H]9CCCC[C@@H]9N8C(=O)[C@@H](NC(=O)OC(C)(C)CF)C(C)C)[nH]c7c6)C4)CC5)cc3[nH]2)C[C@@H]2CCCC[C@@H]21. The lowest BCUT2D eigenvalue weighted by Crippen LogP contribution is -2.54. The Hall–Kier alpha value is -6.32. The number of likely N-dealkylation sites (tertiary alicyclic amines) is 2. The third-order valence-corrected chi connectivity index (χ3v) is 19.2. The minimum absolute atomic E-state index is 0.0450. The van der Waals surface area contributed by atoms with Crippen LogP contribution in [0.1, 0.15) is 193 Å². The number of aromatic amines is 2. The van der Waals surface area contributed by atoms with Crippen LogP contribution in [0.4, 0.5) is 18.4 Å². The van der Waals surface area contributed by atoms with Gasteiger partial charge in [0.05, 0.1) is 34.2 Å². The zero-order valence-corrected chi connectivity index (χ0v) is 49.4. The average molecular weight is 1130 g/mol. The first-order chi connectivity index (χ1) is 39.3. The Morgan fingerprint density at radius 1 is 0.683 bits per heavy atom. The molecule has 4 amide bonds. The summed E-state index contributed by atoms with van der Waals surface area (Å²) in [6, 6.07) is 11.0. The van der Waals surface area contributed by atoms with E-state index in [0.717, 1.165) is 136 Å². The van der Waals surface area contributed by atoms with Crippen molar-refractivity contribution in [3.8, 4) is 0 Å². The second kappa shape index (κ2) is 23.4. The molecule has 2 aliphatic heterocycles. The number of alkyl halides is 2. The van der Waals surface area contributed by atoms with Crippen LogP contribution >= 0.6 is 0 Å². The quantitative estimate of drug-likeness (QED) is 0.0965. The van der Waals surface area contributed by atoms with Gasteiger partial charge >= 0.3 is 12.2 Å². The summed E-state index contributed by atoms with van der Waals surface area (Å²) in [5.41, 5.74) is 8.82. The summed E-state index contributed by atoms with van der Waals surface area (Å²) in [6.07, 6.45) is 23.8. The first-order valence-corrected chi connectivity index (χ1v) is 30.8. The van der Waals surface area contributed by atoms with Crippen LogP contribution in [0.25, 0.3) is 33.2 Å². The number of ether oxygens (including phenoxy) is 2. The van der Waals surface area contributed by atoms with Crippen LogP contribution in [0.15, 0.2) is 71.8 Å². The number of allylic oxidation sites excluding steroid dienone is 8. The van der Waals surface area contributed by atoms with Gasteiger partial charge in [0, 0.05) is 12.1 Å². The summed E-state index contributed by atoms with van der Waals surface area (Å²) in [4.78, 5) is 77.5. The van der Waals surface area contributed by atoms with E-state index in [0.29, 0.717) is 23.7 Å².